The zero-order valence-electron chi connectivity index (χ0n) is 9.49. The fourth-order valence-corrected chi connectivity index (χ4v) is 1.57. The first-order chi connectivity index (χ1) is 7.70. The van der Waals surface area contributed by atoms with Crippen molar-refractivity contribution >= 4 is 11.9 Å². The van der Waals surface area contributed by atoms with E-state index in [0.717, 1.165) is 29.2 Å². The summed E-state index contributed by atoms with van der Waals surface area (Å²) in [5.74, 6) is 0. The zero-order chi connectivity index (χ0) is 11.5. The summed E-state index contributed by atoms with van der Waals surface area (Å²) in [5, 5.41) is 14.5. The highest BCUT2D eigenvalue weighted by Crippen LogP contribution is 2.16. The SMILES string of the molecule is C=Cn1cc(CNc2c(C)n[nH]c2C)cn1. The third kappa shape index (κ3) is 1.98. The summed E-state index contributed by atoms with van der Waals surface area (Å²) in [6.07, 6.45) is 5.42. The monoisotopic (exact) mass is 217 g/mol. The summed E-state index contributed by atoms with van der Waals surface area (Å²) in [5.41, 5.74) is 4.20. The Hall–Kier alpha value is -2.04. The van der Waals surface area contributed by atoms with Crippen LogP contribution in [-0.2, 0) is 6.54 Å². The van der Waals surface area contributed by atoms with E-state index >= 15 is 0 Å². The van der Waals surface area contributed by atoms with Crippen LogP contribution >= 0.6 is 0 Å². The first-order valence-corrected chi connectivity index (χ1v) is 5.11. The molecule has 5 heteroatoms. The third-order valence-corrected chi connectivity index (χ3v) is 2.44. The molecule has 2 heterocycles. The van der Waals surface area contributed by atoms with Gasteiger partial charge in [0.05, 0.1) is 23.3 Å². The Balaban J connectivity index is 2.04. The number of nitrogens with one attached hydrogen (secondary N) is 2. The molecule has 0 fully saturated rings. The van der Waals surface area contributed by atoms with Gasteiger partial charge >= 0.3 is 0 Å². The zero-order valence-corrected chi connectivity index (χ0v) is 9.49. The Morgan fingerprint density at radius 2 is 2.38 bits per heavy atom. The number of rotatable bonds is 4. The van der Waals surface area contributed by atoms with Crippen LogP contribution in [0.2, 0.25) is 0 Å². The highest BCUT2D eigenvalue weighted by Gasteiger charge is 2.05. The van der Waals surface area contributed by atoms with Crippen LogP contribution in [0.4, 0.5) is 5.69 Å². The highest BCUT2D eigenvalue weighted by atomic mass is 15.2. The topological polar surface area (TPSA) is 58.5 Å². The van der Waals surface area contributed by atoms with Gasteiger partial charge in [-0.3, -0.25) is 5.10 Å². The van der Waals surface area contributed by atoms with Gasteiger partial charge in [0.1, 0.15) is 0 Å². The number of hydrogen-bond acceptors (Lipinski definition) is 3. The molecule has 0 unspecified atom stereocenters. The molecule has 0 atom stereocenters. The molecule has 0 aliphatic carbocycles. The van der Waals surface area contributed by atoms with E-state index in [4.69, 9.17) is 0 Å². The van der Waals surface area contributed by atoms with Crippen LogP contribution in [0, 0.1) is 13.8 Å². The highest BCUT2D eigenvalue weighted by molar-refractivity contribution is 5.51. The van der Waals surface area contributed by atoms with Gasteiger partial charge in [0.25, 0.3) is 0 Å². The molecular weight excluding hydrogens is 202 g/mol. The molecule has 84 valence electrons. The number of anilines is 1. The minimum atomic E-state index is 0.731. The predicted molar refractivity (Wildman–Crippen MR) is 64.0 cm³/mol. The second kappa shape index (κ2) is 4.22. The molecular formula is C11H15N5. The van der Waals surface area contributed by atoms with Crippen molar-refractivity contribution in [3.05, 3.63) is 35.9 Å². The molecule has 0 bridgehead atoms. The van der Waals surface area contributed by atoms with Gasteiger partial charge in [-0.05, 0) is 13.8 Å². The Morgan fingerprint density at radius 1 is 1.56 bits per heavy atom. The van der Waals surface area contributed by atoms with Gasteiger partial charge in [-0.15, -0.1) is 0 Å². The van der Waals surface area contributed by atoms with Gasteiger partial charge in [0.2, 0.25) is 0 Å². The van der Waals surface area contributed by atoms with Gasteiger partial charge < -0.3 is 5.32 Å². The molecule has 16 heavy (non-hydrogen) atoms. The molecule has 2 rings (SSSR count). The molecule has 2 aromatic heterocycles. The largest absolute Gasteiger partial charge is 0.378 e. The van der Waals surface area contributed by atoms with Crippen molar-refractivity contribution in [2.45, 2.75) is 20.4 Å². The van der Waals surface area contributed by atoms with Gasteiger partial charge in [-0.1, -0.05) is 6.58 Å². The van der Waals surface area contributed by atoms with Crippen molar-refractivity contribution in [2.75, 3.05) is 5.32 Å². The van der Waals surface area contributed by atoms with E-state index in [1.165, 1.54) is 0 Å². The number of hydrogen-bond donors (Lipinski definition) is 2. The Kier molecular flexibility index (Phi) is 2.76. The molecule has 0 saturated heterocycles. The average molecular weight is 217 g/mol. The van der Waals surface area contributed by atoms with E-state index in [0.29, 0.717) is 0 Å². The van der Waals surface area contributed by atoms with Crippen LogP contribution < -0.4 is 5.32 Å². The van der Waals surface area contributed by atoms with Gasteiger partial charge in [-0.25, -0.2) is 4.68 Å². The maximum atomic E-state index is 4.13. The smallest absolute Gasteiger partial charge is 0.0825 e. The first kappa shape index (κ1) is 10.5. The van der Waals surface area contributed by atoms with Crippen LogP contribution in [0.25, 0.3) is 6.20 Å². The standard InChI is InChI=1S/C11H15N5/c1-4-16-7-10(6-13-16)5-12-11-8(2)14-15-9(11)3/h4,6-7,12H,1,5H2,2-3H3,(H,14,15). The molecule has 2 N–H and O–H groups in total. The second-order valence-electron chi connectivity index (χ2n) is 3.67. The summed E-state index contributed by atoms with van der Waals surface area (Å²) in [6, 6.07) is 0. The predicted octanol–water partition coefficient (Wildman–Crippen LogP) is 1.94. The van der Waals surface area contributed by atoms with Crippen molar-refractivity contribution in [3.63, 3.8) is 0 Å². The second-order valence-corrected chi connectivity index (χ2v) is 3.67. The number of aryl methyl sites for hydroxylation is 2. The van der Waals surface area contributed by atoms with Crippen molar-refractivity contribution in [1.29, 1.82) is 0 Å². The van der Waals surface area contributed by atoms with E-state index in [9.17, 15) is 0 Å². The number of aromatic nitrogens is 4. The molecule has 0 aliphatic heterocycles. The van der Waals surface area contributed by atoms with Crippen LogP contribution in [0.15, 0.2) is 19.0 Å². The Labute approximate surface area is 94.2 Å². The maximum absolute atomic E-state index is 4.13. The Bertz CT molecular complexity index is 475. The summed E-state index contributed by atoms with van der Waals surface area (Å²) < 4.78 is 1.69. The van der Waals surface area contributed by atoms with Crippen LogP contribution in [0.5, 0.6) is 0 Å². The summed E-state index contributed by atoms with van der Waals surface area (Å²) >= 11 is 0. The maximum Gasteiger partial charge on any atom is 0.0825 e. The molecule has 5 nitrogen and oxygen atoms in total. The van der Waals surface area contributed by atoms with Gasteiger partial charge in [-0.2, -0.15) is 10.2 Å². The lowest BCUT2D eigenvalue weighted by Crippen LogP contribution is -2.00. The van der Waals surface area contributed by atoms with E-state index < -0.39 is 0 Å². The van der Waals surface area contributed by atoms with E-state index in [1.54, 1.807) is 10.9 Å². The van der Waals surface area contributed by atoms with Crippen molar-refractivity contribution in [2.24, 2.45) is 0 Å². The van der Waals surface area contributed by atoms with Crippen molar-refractivity contribution in [1.82, 2.24) is 20.0 Å². The number of nitrogens with zero attached hydrogens (tertiary/aromatic N) is 3. The van der Waals surface area contributed by atoms with E-state index in [2.05, 4.69) is 27.2 Å². The lowest BCUT2D eigenvalue weighted by Gasteiger charge is -2.03. The summed E-state index contributed by atoms with van der Waals surface area (Å²) in [6.45, 7) is 8.35. The third-order valence-electron chi connectivity index (χ3n) is 2.44. The molecule has 2 aromatic rings. The van der Waals surface area contributed by atoms with Crippen molar-refractivity contribution < 1.29 is 0 Å². The molecule has 0 saturated carbocycles. The first-order valence-electron chi connectivity index (χ1n) is 5.11. The molecule has 0 amide bonds. The van der Waals surface area contributed by atoms with Crippen molar-refractivity contribution in [3.8, 4) is 0 Å². The lowest BCUT2D eigenvalue weighted by atomic mass is 10.3. The van der Waals surface area contributed by atoms with Gasteiger partial charge in [0, 0.05) is 24.5 Å². The van der Waals surface area contributed by atoms with Crippen LogP contribution in [0.1, 0.15) is 17.0 Å². The van der Waals surface area contributed by atoms with Crippen LogP contribution in [0.3, 0.4) is 0 Å². The molecule has 0 radical (unpaired) electrons. The normalized spacial score (nSPS) is 10.4. The van der Waals surface area contributed by atoms with Crippen LogP contribution in [-0.4, -0.2) is 20.0 Å². The number of H-pyrrole nitrogens is 1. The lowest BCUT2D eigenvalue weighted by molar-refractivity contribution is 0.936. The molecule has 0 spiro atoms. The van der Waals surface area contributed by atoms with Gasteiger partial charge in [0.15, 0.2) is 0 Å². The van der Waals surface area contributed by atoms with E-state index in [1.807, 2.05) is 26.2 Å². The fourth-order valence-electron chi connectivity index (χ4n) is 1.57. The fraction of sp³-hybridized carbons (Fsp3) is 0.273. The molecule has 0 aliphatic rings. The molecule has 0 aromatic carbocycles. The number of aromatic amines is 1. The quantitative estimate of drug-likeness (QED) is 0.822. The Morgan fingerprint density at radius 3 is 2.94 bits per heavy atom. The summed E-state index contributed by atoms with van der Waals surface area (Å²) in [7, 11) is 0. The van der Waals surface area contributed by atoms with E-state index in [-0.39, 0.29) is 0 Å². The minimum absolute atomic E-state index is 0.731. The average Bonchev–Trinajstić information content (AvgIpc) is 2.85. The summed E-state index contributed by atoms with van der Waals surface area (Å²) in [4.78, 5) is 0. The minimum Gasteiger partial charge on any atom is -0.378 e.